The number of nitrogens with two attached hydrogens (primary N) is 1. The van der Waals surface area contributed by atoms with E-state index in [9.17, 15) is 0 Å². The summed E-state index contributed by atoms with van der Waals surface area (Å²) >= 11 is 0. The molecule has 0 aromatic carbocycles. The van der Waals surface area contributed by atoms with Crippen LogP contribution in [0, 0.1) is 11.8 Å². The van der Waals surface area contributed by atoms with E-state index in [-0.39, 0.29) is 0 Å². The summed E-state index contributed by atoms with van der Waals surface area (Å²) in [6.45, 7) is 9.60. The van der Waals surface area contributed by atoms with Crippen LogP contribution in [-0.2, 0) is 0 Å². The van der Waals surface area contributed by atoms with Crippen molar-refractivity contribution in [3.63, 3.8) is 0 Å². The Kier molecular flexibility index (Phi) is 11.6. The first kappa shape index (κ1) is 13.2. The summed E-state index contributed by atoms with van der Waals surface area (Å²) < 4.78 is 0. The van der Waals surface area contributed by atoms with Crippen molar-refractivity contribution in [2.75, 3.05) is 13.6 Å². The average Bonchev–Trinajstić information content (AvgIpc) is 2.03. The Morgan fingerprint density at radius 1 is 1.27 bits per heavy atom. The zero-order chi connectivity index (χ0) is 9.28. The molecule has 0 saturated carbocycles. The van der Waals surface area contributed by atoms with Gasteiger partial charge in [-0.05, 0) is 25.8 Å². The molecule has 0 saturated heterocycles. The molecule has 2 N–H and O–H groups in total. The highest BCUT2D eigenvalue weighted by Gasteiger charge is 2.01. The van der Waals surface area contributed by atoms with Gasteiger partial charge >= 0.3 is 0 Å². The Morgan fingerprint density at radius 2 is 1.73 bits per heavy atom. The molecule has 11 heavy (non-hydrogen) atoms. The van der Waals surface area contributed by atoms with Crippen LogP contribution in [-0.4, -0.2) is 19.8 Å². The highest BCUT2D eigenvalue weighted by atomic mass is 14.7. The van der Waals surface area contributed by atoms with Gasteiger partial charge in [-0.1, -0.05) is 20.8 Å². The lowest BCUT2D eigenvalue weighted by Gasteiger charge is -2.07. The van der Waals surface area contributed by atoms with Gasteiger partial charge < -0.3 is 5.73 Å². The number of hydrogen-bond acceptors (Lipinski definition) is 2. The van der Waals surface area contributed by atoms with E-state index < -0.39 is 0 Å². The quantitative estimate of drug-likeness (QED) is 0.626. The second kappa shape index (κ2) is 9.63. The van der Waals surface area contributed by atoms with Crippen molar-refractivity contribution in [3.8, 4) is 0 Å². The van der Waals surface area contributed by atoms with E-state index in [1.165, 1.54) is 7.05 Å². The second-order valence-electron chi connectivity index (χ2n) is 2.75. The lowest BCUT2D eigenvalue weighted by atomic mass is 10.00. The SMILES string of the molecule is CCN=CC(C)C(C)C.CN. The van der Waals surface area contributed by atoms with Gasteiger partial charge in [-0.25, -0.2) is 0 Å². The minimum atomic E-state index is 0.630. The fraction of sp³-hybridized carbons (Fsp3) is 0.889. The van der Waals surface area contributed by atoms with Crippen LogP contribution in [0.25, 0.3) is 0 Å². The lowest BCUT2D eigenvalue weighted by Crippen LogP contribution is -2.04. The summed E-state index contributed by atoms with van der Waals surface area (Å²) in [4.78, 5) is 4.17. The van der Waals surface area contributed by atoms with E-state index in [4.69, 9.17) is 0 Å². The number of rotatable bonds is 3. The van der Waals surface area contributed by atoms with Gasteiger partial charge in [0.1, 0.15) is 0 Å². The second-order valence-corrected chi connectivity index (χ2v) is 2.75. The third kappa shape index (κ3) is 9.63. The molecule has 2 nitrogen and oxygen atoms in total. The van der Waals surface area contributed by atoms with E-state index in [1.807, 2.05) is 6.21 Å². The van der Waals surface area contributed by atoms with Gasteiger partial charge in [0.25, 0.3) is 0 Å². The molecule has 0 aromatic heterocycles. The van der Waals surface area contributed by atoms with E-state index in [1.54, 1.807) is 0 Å². The summed E-state index contributed by atoms with van der Waals surface area (Å²) in [7, 11) is 1.50. The summed E-state index contributed by atoms with van der Waals surface area (Å²) in [5, 5.41) is 0. The molecule has 0 bridgehead atoms. The van der Waals surface area contributed by atoms with Crippen LogP contribution in [0.4, 0.5) is 0 Å². The molecule has 0 fully saturated rings. The van der Waals surface area contributed by atoms with Crippen molar-refractivity contribution in [1.29, 1.82) is 0 Å². The average molecular weight is 158 g/mol. The predicted molar refractivity (Wildman–Crippen MR) is 53.1 cm³/mol. The lowest BCUT2D eigenvalue weighted by molar-refractivity contribution is 0.539. The van der Waals surface area contributed by atoms with Crippen molar-refractivity contribution in [2.45, 2.75) is 27.7 Å². The van der Waals surface area contributed by atoms with Gasteiger partial charge in [0, 0.05) is 12.8 Å². The van der Waals surface area contributed by atoms with Crippen LogP contribution < -0.4 is 5.73 Å². The zero-order valence-corrected chi connectivity index (χ0v) is 8.46. The molecular weight excluding hydrogens is 136 g/mol. The van der Waals surface area contributed by atoms with Crippen molar-refractivity contribution < 1.29 is 0 Å². The topological polar surface area (TPSA) is 38.4 Å². The van der Waals surface area contributed by atoms with Crippen LogP contribution in [0.1, 0.15) is 27.7 Å². The fourth-order valence-electron chi connectivity index (χ4n) is 0.444. The Bertz CT molecular complexity index is 87.6. The Morgan fingerprint density at radius 3 is 2.00 bits per heavy atom. The maximum atomic E-state index is 4.50. The Balaban J connectivity index is 0. The third-order valence-electron chi connectivity index (χ3n) is 1.57. The van der Waals surface area contributed by atoms with Crippen molar-refractivity contribution >= 4 is 6.21 Å². The van der Waals surface area contributed by atoms with Crippen LogP contribution in [0.2, 0.25) is 0 Å². The van der Waals surface area contributed by atoms with E-state index in [0.717, 1.165) is 12.5 Å². The highest BCUT2D eigenvalue weighted by Crippen LogP contribution is 2.05. The summed E-state index contributed by atoms with van der Waals surface area (Å²) in [6.07, 6.45) is 2.05. The van der Waals surface area contributed by atoms with Crippen molar-refractivity contribution in [1.82, 2.24) is 0 Å². The van der Waals surface area contributed by atoms with Gasteiger partial charge in [0.15, 0.2) is 0 Å². The molecule has 68 valence electrons. The molecule has 1 atom stereocenters. The summed E-state index contributed by atoms with van der Waals surface area (Å²) in [5.74, 6) is 1.35. The highest BCUT2D eigenvalue weighted by molar-refractivity contribution is 5.60. The molecule has 0 aliphatic heterocycles. The molecule has 0 aromatic rings. The number of hydrogen-bond donors (Lipinski definition) is 1. The van der Waals surface area contributed by atoms with E-state index >= 15 is 0 Å². The Hall–Kier alpha value is -0.370. The molecule has 0 aliphatic carbocycles. The third-order valence-corrected chi connectivity index (χ3v) is 1.57. The summed E-state index contributed by atoms with van der Waals surface area (Å²) in [5.41, 5.74) is 4.50. The predicted octanol–water partition coefficient (Wildman–Crippen LogP) is 1.94. The van der Waals surface area contributed by atoms with Gasteiger partial charge in [-0.2, -0.15) is 0 Å². The van der Waals surface area contributed by atoms with Crippen molar-refractivity contribution in [2.24, 2.45) is 22.6 Å². The zero-order valence-electron chi connectivity index (χ0n) is 8.46. The van der Waals surface area contributed by atoms with Gasteiger partial charge in [0.05, 0.1) is 0 Å². The van der Waals surface area contributed by atoms with Crippen molar-refractivity contribution in [3.05, 3.63) is 0 Å². The normalized spacial score (nSPS) is 13.0. The first-order valence-corrected chi connectivity index (χ1v) is 4.26. The van der Waals surface area contributed by atoms with Crippen LogP contribution in [0.15, 0.2) is 4.99 Å². The molecule has 0 rings (SSSR count). The minimum absolute atomic E-state index is 0.630. The standard InChI is InChI=1S/C8H17N.CH5N/c1-5-9-6-8(4)7(2)3;1-2/h6-8H,5H2,1-4H3;2H2,1H3. The van der Waals surface area contributed by atoms with Crippen LogP contribution >= 0.6 is 0 Å². The van der Waals surface area contributed by atoms with E-state index in [2.05, 4.69) is 38.4 Å². The molecule has 1 unspecified atom stereocenters. The molecule has 2 heteroatoms. The molecule has 0 heterocycles. The van der Waals surface area contributed by atoms with Crippen LogP contribution in [0.3, 0.4) is 0 Å². The van der Waals surface area contributed by atoms with E-state index in [0.29, 0.717) is 5.92 Å². The largest absolute Gasteiger partial charge is 0.333 e. The maximum Gasteiger partial charge on any atom is 0.0357 e. The van der Waals surface area contributed by atoms with Gasteiger partial charge in [-0.15, -0.1) is 0 Å². The fourth-order valence-corrected chi connectivity index (χ4v) is 0.444. The number of nitrogens with zero attached hydrogens (tertiary/aromatic N) is 1. The molecule has 0 radical (unpaired) electrons. The molecule has 0 aliphatic rings. The monoisotopic (exact) mass is 158 g/mol. The first-order valence-electron chi connectivity index (χ1n) is 4.26. The minimum Gasteiger partial charge on any atom is -0.333 e. The summed E-state index contributed by atoms with van der Waals surface area (Å²) in [6, 6.07) is 0. The number of aliphatic imine (C=N–C) groups is 1. The molecular formula is C9H22N2. The van der Waals surface area contributed by atoms with Gasteiger partial charge in [0.2, 0.25) is 0 Å². The maximum absolute atomic E-state index is 4.50. The Labute approximate surface area is 70.9 Å². The van der Waals surface area contributed by atoms with Gasteiger partial charge in [-0.3, -0.25) is 4.99 Å². The smallest absolute Gasteiger partial charge is 0.0357 e. The first-order chi connectivity index (χ1) is 5.18. The molecule has 0 spiro atoms. The molecule has 0 amide bonds. The van der Waals surface area contributed by atoms with Crippen LogP contribution in [0.5, 0.6) is 0 Å².